The highest BCUT2D eigenvalue weighted by Crippen LogP contribution is 2.45. The molecule has 1 saturated heterocycles. The van der Waals surface area contributed by atoms with Crippen LogP contribution in [0.3, 0.4) is 0 Å². The minimum atomic E-state index is -3.42. The van der Waals surface area contributed by atoms with E-state index in [1.807, 2.05) is 31.2 Å². The van der Waals surface area contributed by atoms with Gasteiger partial charge in [-0.1, -0.05) is 37.3 Å². The van der Waals surface area contributed by atoms with Gasteiger partial charge in [0.25, 0.3) is 0 Å². The Hall–Kier alpha value is -2.38. The molecule has 2 saturated carbocycles. The topological polar surface area (TPSA) is 27.7 Å². The van der Waals surface area contributed by atoms with Gasteiger partial charge in [-0.2, -0.15) is 8.78 Å². The number of alkyl halides is 2. The summed E-state index contributed by atoms with van der Waals surface area (Å²) in [5.74, 6) is -0.899. The first-order valence-electron chi connectivity index (χ1n) is 15.7. The zero-order chi connectivity index (χ0) is 29.7. The summed E-state index contributed by atoms with van der Waals surface area (Å²) in [5, 5.41) is 0. The first-order valence-corrected chi connectivity index (χ1v) is 15.7. The van der Waals surface area contributed by atoms with Crippen LogP contribution in [-0.2, 0) is 15.9 Å². The minimum absolute atomic E-state index is 0.0984. The number of benzene rings is 2. The van der Waals surface area contributed by atoms with E-state index in [4.69, 9.17) is 14.2 Å². The molecule has 3 fully saturated rings. The van der Waals surface area contributed by atoms with E-state index in [2.05, 4.69) is 6.92 Å². The number of ether oxygens (including phenoxy) is 3. The quantitative estimate of drug-likeness (QED) is 0.216. The third kappa shape index (κ3) is 7.57. The Labute approximate surface area is 247 Å². The van der Waals surface area contributed by atoms with Gasteiger partial charge >= 0.3 is 6.11 Å². The maximum atomic E-state index is 15.3. The van der Waals surface area contributed by atoms with Crippen LogP contribution in [0.25, 0.3) is 0 Å². The van der Waals surface area contributed by atoms with Gasteiger partial charge in [-0.05, 0) is 112 Å². The Morgan fingerprint density at radius 1 is 0.857 bits per heavy atom. The van der Waals surface area contributed by atoms with Gasteiger partial charge in [-0.3, -0.25) is 0 Å². The molecule has 0 atom stereocenters. The van der Waals surface area contributed by atoms with Gasteiger partial charge in [-0.25, -0.2) is 8.78 Å². The molecule has 3 nitrogen and oxygen atoms in total. The second-order valence-electron chi connectivity index (χ2n) is 12.6. The molecule has 0 bridgehead atoms. The van der Waals surface area contributed by atoms with Crippen molar-refractivity contribution in [3.8, 4) is 5.75 Å². The molecule has 1 heterocycles. The highest BCUT2D eigenvalue weighted by atomic mass is 19.3. The lowest BCUT2D eigenvalue weighted by molar-refractivity contribution is -0.226. The minimum Gasteiger partial charge on any atom is -0.432 e. The Bertz CT molecular complexity index is 1190. The Kier molecular flexibility index (Phi) is 10.3. The smallest absolute Gasteiger partial charge is 0.400 e. The molecule has 0 amide bonds. The lowest BCUT2D eigenvalue weighted by Crippen LogP contribution is -2.37. The third-order valence-electron chi connectivity index (χ3n) is 9.48. The van der Waals surface area contributed by atoms with E-state index >= 15 is 13.2 Å². The highest BCUT2D eigenvalue weighted by molar-refractivity contribution is 5.31. The van der Waals surface area contributed by atoms with Gasteiger partial charge in [-0.15, -0.1) is 0 Å². The molecule has 7 heteroatoms. The predicted molar refractivity (Wildman–Crippen MR) is 156 cm³/mol. The molecule has 2 aromatic rings. The van der Waals surface area contributed by atoms with Crippen LogP contribution in [0.1, 0.15) is 100 Å². The lowest BCUT2D eigenvalue weighted by atomic mass is 9.76. The van der Waals surface area contributed by atoms with Crippen LogP contribution < -0.4 is 4.74 Å². The molecule has 3 aliphatic rings. The maximum Gasteiger partial charge on any atom is 0.400 e. The molecule has 5 rings (SSSR count). The number of rotatable bonds is 9. The van der Waals surface area contributed by atoms with Crippen molar-refractivity contribution in [3.63, 3.8) is 0 Å². The molecular formula is C35H44F4O3. The SMILES string of the molecule is C/C=C/CCc1ccc(OC(F)(F)C2CCC(c3ccc(C4CCC(C5OCC(C)CO5)CC4)cc3F)CC2)cc1F. The average Bonchev–Trinajstić information content (AvgIpc) is 2.99. The highest BCUT2D eigenvalue weighted by Gasteiger charge is 2.44. The first-order chi connectivity index (χ1) is 20.2. The number of aryl methyl sites for hydroxylation is 1. The fourth-order valence-electron chi connectivity index (χ4n) is 6.92. The van der Waals surface area contributed by atoms with Gasteiger partial charge in [0.2, 0.25) is 0 Å². The van der Waals surface area contributed by atoms with Gasteiger partial charge in [0, 0.05) is 17.9 Å². The Balaban J connectivity index is 1.12. The summed E-state index contributed by atoms with van der Waals surface area (Å²) in [4.78, 5) is 0. The van der Waals surface area contributed by atoms with Gasteiger partial charge in [0.15, 0.2) is 6.29 Å². The molecule has 230 valence electrons. The maximum absolute atomic E-state index is 15.3. The largest absolute Gasteiger partial charge is 0.432 e. The summed E-state index contributed by atoms with van der Waals surface area (Å²) in [6.07, 6.45) is 6.79. The molecule has 2 aliphatic carbocycles. The van der Waals surface area contributed by atoms with Crippen molar-refractivity contribution in [1.82, 2.24) is 0 Å². The zero-order valence-corrected chi connectivity index (χ0v) is 24.8. The summed E-state index contributed by atoms with van der Waals surface area (Å²) < 4.78 is 76.7. The summed E-state index contributed by atoms with van der Waals surface area (Å²) in [6, 6.07) is 9.53. The van der Waals surface area contributed by atoms with E-state index < -0.39 is 17.8 Å². The summed E-state index contributed by atoms with van der Waals surface area (Å²) in [6.45, 7) is 5.51. The molecule has 0 N–H and O–H groups in total. The summed E-state index contributed by atoms with van der Waals surface area (Å²) in [5.41, 5.74) is 2.11. The van der Waals surface area contributed by atoms with Crippen molar-refractivity contribution in [2.75, 3.05) is 13.2 Å². The Morgan fingerprint density at radius 3 is 2.19 bits per heavy atom. The zero-order valence-electron chi connectivity index (χ0n) is 24.8. The fraction of sp³-hybridized carbons (Fsp3) is 0.600. The Morgan fingerprint density at radius 2 is 1.55 bits per heavy atom. The van der Waals surface area contributed by atoms with Crippen LogP contribution in [0.5, 0.6) is 5.75 Å². The number of halogens is 4. The van der Waals surface area contributed by atoms with E-state index in [0.29, 0.717) is 54.6 Å². The molecule has 0 aromatic heterocycles. The van der Waals surface area contributed by atoms with Gasteiger partial charge in [0.1, 0.15) is 17.4 Å². The van der Waals surface area contributed by atoms with Gasteiger partial charge < -0.3 is 14.2 Å². The summed E-state index contributed by atoms with van der Waals surface area (Å²) in [7, 11) is 0. The molecule has 0 spiro atoms. The standard InChI is InChI=1S/C35H44F4O3/c1-3-4-5-6-26-13-17-30(20-32(26)36)42-35(38,39)29-15-11-25(12-16-29)31-18-14-28(19-33(31)37)24-7-9-27(10-8-24)34-40-21-23(2)22-41-34/h3-4,13-14,17-20,23-25,27,29,34H,5-12,15-16,21-22H2,1-2H3/b4-3+. The number of hydrogen-bond donors (Lipinski definition) is 0. The van der Waals surface area contributed by atoms with Crippen LogP contribution in [0.4, 0.5) is 17.6 Å². The van der Waals surface area contributed by atoms with Crippen LogP contribution >= 0.6 is 0 Å². The van der Waals surface area contributed by atoms with Crippen LogP contribution in [0.15, 0.2) is 48.6 Å². The number of allylic oxidation sites excluding steroid dienone is 2. The molecule has 2 aromatic carbocycles. The third-order valence-corrected chi connectivity index (χ3v) is 9.48. The molecule has 1 aliphatic heterocycles. The van der Waals surface area contributed by atoms with E-state index in [1.54, 1.807) is 6.07 Å². The second-order valence-corrected chi connectivity index (χ2v) is 12.6. The number of hydrogen-bond acceptors (Lipinski definition) is 3. The molecule has 42 heavy (non-hydrogen) atoms. The van der Waals surface area contributed by atoms with E-state index in [1.165, 1.54) is 12.1 Å². The van der Waals surface area contributed by atoms with Crippen molar-refractivity contribution in [1.29, 1.82) is 0 Å². The van der Waals surface area contributed by atoms with Gasteiger partial charge in [0.05, 0.1) is 19.1 Å². The molecule has 0 unspecified atom stereocenters. The molecular weight excluding hydrogens is 544 g/mol. The van der Waals surface area contributed by atoms with Crippen molar-refractivity contribution >= 4 is 0 Å². The normalized spacial score (nSPS) is 29.1. The average molecular weight is 589 g/mol. The summed E-state index contributed by atoms with van der Waals surface area (Å²) >= 11 is 0. The lowest BCUT2D eigenvalue weighted by Gasteiger charge is -2.37. The van der Waals surface area contributed by atoms with E-state index in [-0.39, 0.29) is 36.6 Å². The van der Waals surface area contributed by atoms with Crippen LogP contribution in [-0.4, -0.2) is 25.6 Å². The van der Waals surface area contributed by atoms with E-state index in [9.17, 15) is 4.39 Å². The van der Waals surface area contributed by atoms with Crippen LogP contribution in [0, 0.1) is 29.4 Å². The monoisotopic (exact) mass is 588 g/mol. The fourth-order valence-corrected chi connectivity index (χ4v) is 6.92. The molecule has 0 radical (unpaired) electrons. The van der Waals surface area contributed by atoms with Crippen molar-refractivity contribution in [3.05, 3.63) is 76.9 Å². The second kappa shape index (κ2) is 13.9. The first kappa shape index (κ1) is 31.1. The van der Waals surface area contributed by atoms with Crippen molar-refractivity contribution < 1.29 is 31.8 Å². The van der Waals surface area contributed by atoms with E-state index in [0.717, 1.165) is 50.5 Å². The van der Waals surface area contributed by atoms with Crippen LogP contribution in [0.2, 0.25) is 0 Å². The predicted octanol–water partition coefficient (Wildman–Crippen LogP) is 9.70. The van der Waals surface area contributed by atoms with Crippen molar-refractivity contribution in [2.45, 2.75) is 102 Å². The van der Waals surface area contributed by atoms with Crippen molar-refractivity contribution in [2.24, 2.45) is 17.8 Å².